The van der Waals surface area contributed by atoms with Gasteiger partial charge in [0.25, 0.3) is 5.89 Å². The Kier molecular flexibility index (Phi) is 6.76. The Labute approximate surface area is 172 Å². The van der Waals surface area contributed by atoms with Crippen LogP contribution in [-0.4, -0.2) is 22.0 Å². The Hall–Kier alpha value is -2.03. The maximum atomic E-state index is 6.21. The standard InChI is InChI=1S/C20H16Cl3N3O/c21-13-20(14-22,24-12-16-8-4-5-9-17(16)23)19-26-25-18(27-19)11-10-15-6-2-1-3-7-15/h1-9,24H,12-14H2. The molecule has 138 valence electrons. The second-order valence-electron chi connectivity index (χ2n) is 5.82. The van der Waals surface area contributed by atoms with Crippen molar-refractivity contribution >= 4 is 34.8 Å². The fraction of sp³-hybridized carbons (Fsp3) is 0.200. The van der Waals surface area contributed by atoms with E-state index in [1.165, 1.54) is 0 Å². The molecule has 0 atom stereocenters. The summed E-state index contributed by atoms with van der Waals surface area (Å²) in [7, 11) is 0. The predicted molar refractivity (Wildman–Crippen MR) is 108 cm³/mol. The molecule has 0 aliphatic carbocycles. The van der Waals surface area contributed by atoms with Crippen molar-refractivity contribution in [1.82, 2.24) is 15.5 Å². The third-order valence-electron chi connectivity index (χ3n) is 3.95. The molecule has 7 heteroatoms. The first kappa shape index (κ1) is 19.7. The number of benzene rings is 2. The van der Waals surface area contributed by atoms with Gasteiger partial charge in [0.2, 0.25) is 5.89 Å². The highest BCUT2D eigenvalue weighted by molar-refractivity contribution is 6.31. The maximum absolute atomic E-state index is 6.21. The summed E-state index contributed by atoms with van der Waals surface area (Å²) in [5, 5.41) is 12.0. The van der Waals surface area contributed by atoms with E-state index in [4.69, 9.17) is 39.2 Å². The van der Waals surface area contributed by atoms with Crippen LogP contribution in [0.3, 0.4) is 0 Å². The molecule has 0 saturated heterocycles. The molecule has 0 saturated carbocycles. The summed E-state index contributed by atoms with van der Waals surface area (Å²) >= 11 is 18.6. The zero-order chi connectivity index (χ0) is 19.1. The molecular formula is C20H16Cl3N3O. The van der Waals surface area contributed by atoms with Gasteiger partial charge in [0, 0.05) is 17.1 Å². The van der Waals surface area contributed by atoms with Crippen molar-refractivity contribution in [3.63, 3.8) is 0 Å². The second-order valence-corrected chi connectivity index (χ2v) is 6.76. The Bertz CT molecular complexity index is 944. The average molecular weight is 421 g/mol. The van der Waals surface area contributed by atoms with Gasteiger partial charge in [-0.15, -0.1) is 28.3 Å². The monoisotopic (exact) mass is 419 g/mol. The number of nitrogens with zero attached hydrogens (tertiary/aromatic N) is 2. The molecule has 0 aliphatic rings. The molecular weight excluding hydrogens is 405 g/mol. The molecule has 0 aliphatic heterocycles. The minimum absolute atomic E-state index is 0.148. The van der Waals surface area contributed by atoms with Gasteiger partial charge in [-0.2, -0.15) is 0 Å². The first-order valence-corrected chi connectivity index (χ1v) is 9.63. The lowest BCUT2D eigenvalue weighted by molar-refractivity contribution is 0.311. The van der Waals surface area contributed by atoms with Crippen LogP contribution in [0, 0.1) is 11.8 Å². The van der Waals surface area contributed by atoms with Crippen molar-refractivity contribution in [2.45, 2.75) is 12.1 Å². The van der Waals surface area contributed by atoms with E-state index in [0.29, 0.717) is 11.6 Å². The molecule has 1 aromatic heterocycles. The van der Waals surface area contributed by atoms with E-state index in [1.807, 2.05) is 54.6 Å². The quantitative estimate of drug-likeness (QED) is 0.468. The normalized spacial score (nSPS) is 11.1. The first-order valence-electron chi connectivity index (χ1n) is 8.18. The van der Waals surface area contributed by atoms with Crippen molar-refractivity contribution in [3.8, 4) is 11.8 Å². The van der Waals surface area contributed by atoms with Crippen LogP contribution in [0.25, 0.3) is 0 Å². The van der Waals surface area contributed by atoms with E-state index in [-0.39, 0.29) is 23.5 Å². The number of alkyl halides is 2. The average Bonchev–Trinajstić information content (AvgIpc) is 3.19. The summed E-state index contributed by atoms with van der Waals surface area (Å²) in [6.07, 6.45) is 0. The molecule has 0 amide bonds. The van der Waals surface area contributed by atoms with Gasteiger partial charge in [0.1, 0.15) is 5.54 Å². The molecule has 3 aromatic rings. The number of hydrogen-bond acceptors (Lipinski definition) is 4. The van der Waals surface area contributed by atoms with Crippen LogP contribution in [0.5, 0.6) is 0 Å². The Morgan fingerprint density at radius 1 is 0.926 bits per heavy atom. The van der Waals surface area contributed by atoms with Gasteiger partial charge in [0.15, 0.2) is 0 Å². The lowest BCUT2D eigenvalue weighted by atomic mass is 10.0. The molecule has 0 bridgehead atoms. The fourth-order valence-corrected chi connectivity index (χ4v) is 3.25. The number of halogens is 3. The minimum Gasteiger partial charge on any atom is -0.412 e. The van der Waals surface area contributed by atoms with Gasteiger partial charge in [0.05, 0.1) is 11.8 Å². The summed E-state index contributed by atoms with van der Waals surface area (Å²) < 4.78 is 5.71. The highest BCUT2D eigenvalue weighted by Gasteiger charge is 2.36. The molecule has 4 nitrogen and oxygen atoms in total. The largest absolute Gasteiger partial charge is 0.412 e. The lowest BCUT2D eigenvalue weighted by Crippen LogP contribution is -2.46. The fourth-order valence-electron chi connectivity index (χ4n) is 2.34. The zero-order valence-corrected chi connectivity index (χ0v) is 16.5. The van der Waals surface area contributed by atoms with Crippen LogP contribution in [-0.2, 0) is 12.1 Å². The lowest BCUT2D eigenvalue weighted by Gasteiger charge is -2.27. The van der Waals surface area contributed by atoms with Gasteiger partial charge in [-0.25, -0.2) is 0 Å². The van der Waals surface area contributed by atoms with Crippen molar-refractivity contribution < 1.29 is 4.42 Å². The molecule has 2 aromatic carbocycles. The van der Waals surface area contributed by atoms with E-state index in [9.17, 15) is 0 Å². The van der Waals surface area contributed by atoms with Gasteiger partial charge in [-0.1, -0.05) is 59.0 Å². The molecule has 0 unspecified atom stereocenters. The van der Waals surface area contributed by atoms with E-state index in [2.05, 4.69) is 27.4 Å². The van der Waals surface area contributed by atoms with E-state index in [0.717, 1.165) is 11.1 Å². The van der Waals surface area contributed by atoms with Crippen molar-refractivity contribution in [2.24, 2.45) is 0 Å². The maximum Gasteiger partial charge on any atom is 0.294 e. The summed E-state index contributed by atoms with van der Waals surface area (Å²) in [5.41, 5.74) is 0.888. The molecule has 27 heavy (non-hydrogen) atoms. The second kappa shape index (κ2) is 9.25. The Balaban J connectivity index is 1.80. The van der Waals surface area contributed by atoms with Crippen LogP contribution in [0.15, 0.2) is 59.0 Å². The molecule has 0 radical (unpaired) electrons. The predicted octanol–water partition coefficient (Wildman–Crippen LogP) is 4.59. The zero-order valence-electron chi connectivity index (χ0n) is 14.3. The van der Waals surface area contributed by atoms with Crippen LogP contribution in [0.4, 0.5) is 0 Å². The van der Waals surface area contributed by atoms with Gasteiger partial charge < -0.3 is 4.42 Å². The number of hydrogen-bond donors (Lipinski definition) is 1. The number of rotatable bonds is 6. The van der Waals surface area contributed by atoms with Gasteiger partial charge >= 0.3 is 0 Å². The van der Waals surface area contributed by atoms with Crippen molar-refractivity contribution in [1.29, 1.82) is 0 Å². The third kappa shape index (κ3) is 4.82. The van der Waals surface area contributed by atoms with E-state index >= 15 is 0 Å². The van der Waals surface area contributed by atoms with Crippen LogP contribution in [0.2, 0.25) is 5.02 Å². The third-order valence-corrected chi connectivity index (χ3v) is 5.23. The summed E-state index contributed by atoms with van der Waals surface area (Å²) in [5.74, 6) is 6.62. The molecule has 1 heterocycles. The SMILES string of the molecule is ClCC(CCl)(NCc1ccccc1Cl)c1nnc(C#Cc2ccccc2)o1. The Morgan fingerprint density at radius 2 is 1.63 bits per heavy atom. The van der Waals surface area contributed by atoms with Gasteiger partial charge in [-0.3, -0.25) is 5.32 Å². The highest BCUT2D eigenvalue weighted by atomic mass is 35.5. The highest BCUT2D eigenvalue weighted by Crippen LogP contribution is 2.25. The van der Waals surface area contributed by atoms with Crippen LogP contribution in [0.1, 0.15) is 22.9 Å². The van der Waals surface area contributed by atoms with Crippen molar-refractivity contribution in [3.05, 3.63) is 82.5 Å². The Morgan fingerprint density at radius 3 is 2.33 bits per heavy atom. The van der Waals surface area contributed by atoms with E-state index in [1.54, 1.807) is 0 Å². The topological polar surface area (TPSA) is 51.0 Å². The summed E-state index contributed by atoms with van der Waals surface area (Å²) in [4.78, 5) is 0. The van der Waals surface area contributed by atoms with Gasteiger partial charge in [-0.05, 0) is 29.7 Å². The van der Waals surface area contributed by atoms with E-state index < -0.39 is 5.54 Å². The number of nitrogens with one attached hydrogen (secondary N) is 1. The molecule has 1 N–H and O–H groups in total. The smallest absolute Gasteiger partial charge is 0.294 e. The molecule has 0 fully saturated rings. The number of aromatic nitrogens is 2. The summed E-state index contributed by atoms with van der Waals surface area (Å²) in [6, 6.07) is 17.1. The molecule has 0 spiro atoms. The summed E-state index contributed by atoms with van der Waals surface area (Å²) in [6.45, 7) is 0.451. The first-order chi connectivity index (χ1) is 13.2. The van der Waals surface area contributed by atoms with Crippen LogP contribution < -0.4 is 5.32 Å². The van der Waals surface area contributed by atoms with Crippen molar-refractivity contribution in [2.75, 3.05) is 11.8 Å². The minimum atomic E-state index is -0.887. The molecule has 3 rings (SSSR count). The van der Waals surface area contributed by atoms with Crippen LogP contribution >= 0.6 is 34.8 Å².